The highest BCUT2D eigenvalue weighted by Gasteiger charge is 2.11. The lowest BCUT2D eigenvalue weighted by Gasteiger charge is -2.11. The first kappa shape index (κ1) is 21.3. The van der Waals surface area contributed by atoms with Gasteiger partial charge in [-0.15, -0.1) is 0 Å². The number of carbonyl (C=O) groups is 1. The van der Waals surface area contributed by atoms with Gasteiger partial charge in [0.15, 0.2) is 5.16 Å². The summed E-state index contributed by atoms with van der Waals surface area (Å²) in [5.41, 5.74) is 1.52. The van der Waals surface area contributed by atoms with Crippen molar-refractivity contribution in [1.29, 1.82) is 0 Å². The fraction of sp³-hybridized carbons (Fsp3) is 0.190. The van der Waals surface area contributed by atoms with E-state index in [4.69, 9.17) is 14.2 Å². The fourth-order valence-electron chi connectivity index (χ4n) is 2.64. The maximum absolute atomic E-state index is 12.4. The number of anilines is 1. The SMILES string of the molecule is COc1ccc(-c2cc(=O)[nH]c(SCC(=O)Nc3ccc(OC)cc3OC)n2)cc1. The van der Waals surface area contributed by atoms with Gasteiger partial charge in [0.2, 0.25) is 5.91 Å². The molecule has 3 rings (SSSR count). The van der Waals surface area contributed by atoms with Gasteiger partial charge in [0.05, 0.1) is 38.5 Å². The lowest BCUT2D eigenvalue weighted by molar-refractivity contribution is -0.113. The van der Waals surface area contributed by atoms with Gasteiger partial charge in [-0.25, -0.2) is 4.98 Å². The second-order valence-electron chi connectivity index (χ2n) is 6.07. The van der Waals surface area contributed by atoms with Crippen molar-refractivity contribution in [1.82, 2.24) is 9.97 Å². The Labute approximate surface area is 177 Å². The van der Waals surface area contributed by atoms with Gasteiger partial charge < -0.3 is 24.5 Å². The molecule has 0 atom stereocenters. The molecule has 8 nitrogen and oxygen atoms in total. The zero-order valence-electron chi connectivity index (χ0n) is 16.7. The molecule has 0 spiro atoms. The molecule has 0 aliphatic carbocycles. The molecule has 0 saturated carbocycles. The molecule has 3 aromatic rings. The summed E-state index contributed by atoms with van der Waals surface area (Å²) in [5.74, 6) is 1.62. The van der Waals surface area contributed by atoms with Crippen LogP contribution in [-0.2, 0) is 4.79 Å². The predicted octanol–water partition coefficient (Wildman–Crippen LogP) is 3.19. The Balaban J connectivity index is 1.69. The van der Waals surface area contributed by atoms with Crippen molar-refractivity contribution in [2.24, 2.45) is 0 Å². The molecule has 0 unspecified atom stereocenters. The van der Waals surface area contributed by atoms with E-state index >= 15 is 0 Å². The zero-order chi connectivity index (χ0) is 21.5. The molecule has 1 amide bonds. The standard InChI is InChI=1S/C21H21N3O5S/c1-27-14-6-4-13(5-7-14)17-11-19(25)24-21(23-17)30-12-20(26)22-16-9-8-15(28-2)10-18(16)29-3/h4-11H,12H2,1-3H3,(H,22,26)(H,23,24,25). The number of aromatic amines is 1. The van der Waals surface area contributed by atoms with Crippen molar-refractivity contribution in [2.75, 3.05) is 32.4 Å². The Morgan fingerprint density at radius 2 is 1.70 bits per heavy atom. The summed E-state index contributed by atoms with van der Waals surface area (Å²) in [6.45, 7) is 0. The number of nitrogens with zero attached hydrogens (tertiary/aromatic N) is 1. The number of amides is 1. The Morgan fingerprint density at radius 3 is 2.37 bits per heavy atom. The third kappa shape index (κ3) is 5.32. The molecule has 0 aliphatic rings. The number of thioether (sulfide) groups is 1. The topological polar surface area (TPSA) is 103 Å². The molecule has 30 heavy (non-hydrogen) atoms. The van der Waals surface area contributed by atoms with Crippen LogP contribution in [0.2, 0.25) is 0 Å². The van der Waals surface area contributed by atoms with E-state index in [2.05, 4.69) is 15.3 Å². The summed E-state index contributed by atoms with van der Waals surface area (Å²) >= 11 is 1.13. The van der Waals surface area contributed by atoms with Crippen LogP contribution in [0.5, 0.6) is 17.2 Å². The summed E-state index contributed by atoms with van der Waals surface area (Å²) < 4.78 is 15.6. The monoisotopic (exact) mass is 427 g/mol. The Kier molecular flexibility index (Phi) is 6.97. The average molecular weight is 427 g/mol. The second-order valence-corrected chi connectivity index (χ2v) is 7.03. The molecule has 0 fully saturated rings. The largest absolute Gasteiger partial charge is 0.497 e. The van der Waals surface area contributed by atoms with Gasteiger partial charge in [-0.05, 0) is 36.4 Å². The van der Waals surface area contributed by atoms with E-state index in [9.17, 15) is 9.59 Å². The molecule has 2 aromatic carbocycles. The summed E-state index contributed by atoms with van der Waals surface area (Å²) in [4.78, 5) is 31.5. The highest BCUT2D eigenvalue weighted by molar-refractivity contribution is 7.99. The third-order valence-corrected chi connectivity index (χ3v) is 5.00. The third-order valence-electron chi connectivity index (χ3n) is 4.13. The number of H-pyrrole nitrogens is 1. The number of benzene rings is 2. The lowest BCUT2D eigenvalue weighted by atomic mass is 10.1. The van der Waals surface area contributed by atoms with Gasteiger partial charge in [0, 0.05) is 17.7 Å². The normalized spacial score (nSPS) is 10.4. The van der Waals surface area contributed by atoms with Crippen molar-refractivity contribution in [2.45, 2.75) is 5.16 Å². The number of aromatic nitrogens is 2. The molecular weight excluding hydrogens is 406 g/mol. The van der Waals surface area contributed by atoms with Crippen molar-refractivity contribution in [3.8, 4) is 28.5 Å². The van der Waals surface area contributed by atoms with Crippen LogP contribution < -0.4 is 25.1 Å². The maximum atomic E-state index is 12.4. The molecule has 0 aliphatic heterocycles. The van der Waals surface area contributed by atoms with Gasteiger partial charge >= 0.3 is 0 Å². The first-order valence-electron chi connectivity index (χ1n) is 8.93. The quantitative estimate of drug-likeness (QED) is 0.420. The summed E-state index contributed by atoms with van der Waals surface area (Å²) in [6, 6.07) is 13.7. The number of hydrogen-bond acceptors (Lipinski definition) is 7. The van der Waals surface area contributed by atoms with E-state index in [1.807, 2.05) is 12.1 Å². The summed E-state index contributed by atoms with van der Waals surface area (Å²) in [7, 11) is 4.65. The lowest BCUT2D eigenvalue weighted by Crippen LogP contribution is -2.16. The zero-order valence-corrected chi connectivity index (χ0v) is 17.5. The van der Waals surface area contributed by atoms with Gasteiger partial charge in [-0.3, -0.25) is 9.59 Å². The molecule has 9 heteroatoms. The van der Waals surface area contributed by atoms with E-state index in [0.29, 0.717) is 33.8 Å². The van der Waals surface area contributed by atoms with Crippen LogP contribution in [0.15, 0.2) is 58.5 Å². The second kappa shape index (κ2) is 9.84. The van der Waals surface area contributed by atoms with E-state index in [1.165, 1.54) is 13.2 Å². The fourth-order valence-corrected chi connectivity index (χ4v) is 3.31. The van der Waals surface area contributed by atoms with E-state index in [0.717, 1.165) is 17.3 Å². The summed E-state index contributed by atoms with van der Waals surface area (Å²) in [5, 5.41) is 3.13. The molecule has 0 radical (unpaired) electrons. The van der Waals surface area contributed by atoms with Crippen LogP contribution in [0, 0.1) is 0 Å². The van der Waals surface area contributed by atoms with E-state index < -0.39 is 0 Å². The molecule has 1 heterocycles. The predicted molar refractivity (Wildman–Crippen MR) is 116 cm³/mol. The van der Waals surface area contributed by atoms with Crippen LogP contribution in [-0.4, -0.2) is 43.0 Å². The maximum Gasteiger partial charge on any atom is 0.252 e. The van der Waals surface area contributed by atoms with Crippen LogP contribution >= 0.6 is 11.8 Å². The van der Waals surface area contributed by atoms with Crippen LogP contribution in [0.3, 0.4) is 0 Å². The highest BCUT2D eigenvalue weighted by atomic mass is 32.2. The minimum absolute atomic E-state index is 0.0597. The van der Waals surface area contributed by atoms with Gasteiger partial charge in [0.1, 0.15) is 17.2 Å². The van der Waals surface area contributed by atoms with Crippen molar-refractivity contribution < 1.29 is 19.0 Å². The Bertz CT molecular complexity index is 1080. The van der Waals surface area contributed by atoms with Crippen molar-refractivity contribution in [3.63, 3.8) is 0 Å². The van der Waals surface area contributed by atoms with Gasteiger partial charge in [-0.1, -0.05) is 11.8 Å². The first-order valence-corrected chi connectivity index (χ1v) is 9.91. The Morgan fingerprint density at radius 1 is 1.00 bits per heavy atom. The summed E-state index contributed by atoms with van der Waals surface area (Å²) in [6.07, 6.45) is 0. The molecular formula is C21H21N3O5S. The van der Waals surface area contributed by atoms with Crippen LogP contribution in [0.1, 0.15) is 0 Å². The van der Waals surface area contributed by atoms with E-state index in [-0.39, 0.29) is 17.2 Å². The highest BCUT2D eigenvalue weighted by Crippen LogP contribution is 2.29. The van der Waals surface area contributed by atoms with Crippen LogP contribution in [0.25, 0.3) is 11.3 Å². The molecule has 0 bridgehead atoms. The van der Waals surface area contributed by atoms with Gasteiger partial charge in [0.25, 0.3) is 5.56 Å². The number of rotatable bonds is 8. The van der Waals surface area contributed by atoms with Crippen molar-refractivity contribution >= 4 is 23.4 Å². The number of methoxy groups -OCH3 is 3. The molecule has 1 aromatic heterocycles. The number of nitrogens with one attached hydrogen (secondary N) is 2. The van der Waals surface area contributed by atoms with Gasteiger partial charge in [-0.2, -0.15) is 0 Å². The number of hydrogen-bond donors (Lipinski definition) is 2. The van der Waals surface area contributed by atoms with E-state index in [1.54, 1.807) is 44.6 Å². The molecule has 156 valence electrons. The van der Waals surface area contributed by atoms with Crippen LogP contribution in [0.4, 0.5) is 5.69 Å². The molecule has 0 saturated heterocycles. The van der Waals surface area contributed by atoms with Crippen molar-refractivity contribution in [3.05, 3.63) is 58.9 Å². The number of carbonyl (C=O) groups excluding carboxylic acids is 1. The minimum Gasteiger partial charge on any atom is -0.497 e. The Hall–Kier alpha value is -3.46. The number of ether oxygens (including phenoxy) is 3. The smallest absolute Gasteiger partial charge is 0.252 e. The average Bonchev–Trinajstić information content (AvgIpc) is 2.77. The minimum atomic E-state index is -0.296. The molecule has 2 N–H and O–H groups in total. The first-order chi connectivity index (χ1) is 14.5.